The molecule has 1 aromatic heterocycles. The van der Waals surface area contributed by atoms with Gasteiger partial charge in [-0.2, -0.15) is 4.57 Å². The summed E-state index contributed by atoms with van der Waals surface area (Å²) in [6, 6.07) is 14.8. The summed E-state index contributed by atoms with van der Waals surface area (Å²) < 4.78 is 7.93. The molecule has 0 fully saturated rings. The van der Waals surface area contributed by atoms with Gasteiger partial charge in [0.25, 0.3) is 0 Å². The van der Waals surface area contributed by atoms with Gasteiger partial charge in [-0.05, 0) is 12.5 Å². The molecular weight excluding hydrogens is 318 g/mol. The van der Waals surface area contributed by atoms with Crippen molar-refractivity contribution in [3.05, 3.63) is 59.9 Å². The Kier molecular flexibility index (Phi) is 10.2. The average Bonchev–Trinajstić information content (AvgIpc) is 2.59. The Morgan fingerprint density at radius 2 is 1.58 bits per heavy atom. The van der Waals surface area contributed by atoms with Crippen LogP contribution in [-0.4, -0.2) is 7.11 Å². The van der Waals surface area contributed by atoms with Gasteiger partial charge in [0.1, 0.15) is 0 Å². The minimum atomic E-state index is 0. The number of benzene rings is 1. The fourth-order valence-electron chi connectivity index (χ4n) is 3.02. The Morgan fingerprint density at radius 3 is 2.29 bits per heavy atom. The monoisotopic (exact) mass is 347 g/mol. The molecule has 3 heteroatoms. The first-order chi connectivity index (χ1) is 11.3. The average molecular weight is 348 g/mol. The van der Waals surface area contributed by atoms with E-state index in [2.05, 4.69) is 60.2 Å². The van der Waals surface area contributed by atoms with Gasteiger partial charge >= 0.3 is 0 Å². The van der Waals surface area contributed by atoms with Gasteiger partial charge in [-0.25, -0.2) is 0 Å². The van der Waals surface area contributed by atoms with Crippen LogP contribution in [0.25, 0.3) is 0 Å². The van der Waals surface area contributed by atoms with Crippen LogP contribution in [0.1, 0.15) is 56.7 Å². The maximum absolute atomic E-state index is 5.60. The standard InChI is InChI=1S/C21H30NO.ClH/c1-3-4-5-6-7-11-15-20-21(23-2)16-12-17-22(20)18-19-13-9-8-10-14-19;/h8-10,12-14,16-17H,3-7,11,15,18H2,1-2H3;1H/q+1;/p-1. The second-order valence-corrected chi connectivity index (χ2v) is 6.15. The largest absolute Gasteiger partial charge is 1.00 e. The van der Waals surface area contributed by atoms with Crippen LogP contribution in [0.2, 0.25) is 0 Å². The minimum absolute atomic E-state index is 0. The molecule has 0 amide bonds. The lowest BCUT2D eigenvalue weighted by Crippen LogP contribution is -3.00. The molecule has 0 saturated carbocycles. The number of unbranched alkanes of at least 4 members (excludes halogenated alkanes) is 5. The summed E-state index contributed by atoms with van der Waals surface area (Å²) >= 11 is 0. The van der Waals surface area contributed by atoms with Crippen LogP contribution in [0.3, 0.4) is 0 Å². The molecule has 2 nitrogen and oxygen atoms in total. The molecule has 0 bridgehead atoms. The van der Waals surface area contributed by atoms with Crippen molar-refractivity contribution < 1.29 is 21.7 Å². The normalized spacial score (nSPS) is 10.2. The summed E-state index contributed by atoms with van der Waals surface area (Å²) in [6.07, 6.45) is 11.2. The zero-order chi connectivity index (χ0) is 16.3. The summed E-state index contributed by atoms with van der Waals surface area (Å²) in [5.41, 5.74) is 2.64. The molecule has 0 radical (unpaired) electrons. The van der Waals surface area contributed by atoms with E-state index in [1.807, 2.05) is 0 Å². The van der Waals surface area contributed by atoms with E-state index < -0.39 is 0 Å². The third-order valence-corrected chi connectivity index (χ3v) is 4.33. The molecule has 0 aliphatic carbocycles. The molecule has 0 aliphatic rings. The minimum Gasteiger partial charge on any atom is -1.00 e. The zero-order valence-electron chi connectivity index (χ0n) is 15.0. The van der Waals surface area contributed by atoms with Crippen LogP contribution >= 0.6 is 0 Å². The quantitative estimate of drug-likeness (QED) is 0.473. The van der Waals surface area contributed by atoms with Crippen molar-refractivity contribution >= 4 is 0 Å². The molecule has 24 heavy (non-hydrogen) atoms. The lowest BCUT2D eigenvalue weighted by molar-refractivity contribution is -0.696. The van der Waals surface area contributed by atoms with E-state index >= 15 is 0 Å². The van der Waals surface area contributed by atoms with E-state index in [1.165, 1.54) is 49.8 Å². The molecule has 2 rings (SSSR count). The molecule has 2 aromatic rings. The maximum atomic E-state index is 5.60. The highest BCUT2D eigenvalue weighted by Gasteiger charge is 2.16. The van der Waals surface area contributed by atoms with Gasteiger partial charge < -0.3 is 17.1 Å². The second-order valence-electron chi connectivity index (χ2n) is 6.15. The molecule has 0 spiro atoms. The van der Waals surface area contributed by atoms with Gasteiger partial charge in [0.15, 0.2) is 18.5 Å². The Hall–Kier alpha value is -1.54. The smallest absolute Gasteiger partial charge is 0.223 e. The van der Waals surface area contributed by atoms with Gasteiger partial charge in [-0.3, -0.25) is 0 Å². The van der Waals surface area contributed by atoms with E-state index in [-0.39, 0.29) is 12.4 Å². The maximum Gasteiger partial charge on any atom is 0.223 e. The van der Waals surface area contributed by atoms with Crippen LogP contribution in [0.15, 0.2) is 48.7 Å². The molecule has 1 heterocycles. The molecule has 0 unspecified atom stereocenters. The lowest BCUT2D eigenvalue weighted by atomic mass is 10.1. The Bertz CT molecular complexity index is 571. The Morgan fingerprint density at radius 1 is 0.875 bits per heavy atom. The van der Waals surface area contributed by atoms with Crippen molar-refractivity contribution in [3.8, 4) is 5.75 Å². The molecule has 0 saturated heterocycles. The summed E-state index contributed by atoms with van der Waals surface area (Å²) in [5.74, 6) is 1.01. The summed E-state index contributed by atoms with van der Waals surface area (Å²) in [5, 5.41) is 0. The molecule has 132 valence electrons. The van der Waals surface area contributed by atoms with Gasteiger partial charge in [0.05, 0.1) is 7.11 Å². The zero-order valence-corrected chi connectivity index (χ0v) is 15.8. The van der Waals surface area contributed by atoms with Gasteiger partial charge in [0, 0.05) is 18.1 Å². The van der Waals surface area contributed by atoms with E-state index in [0.717, 1.165) is 18.7 Å². The third-order valence-electron chi connectivity index (χ3n) is 4.33. The summed E-state index contributed by atoms with van der Waals surface area (Å²) in [6.45, 7) is 3.17. The molecular formula is C21H30ClNO. The molecule has 1 aromatic carbocycles. The topological polar surface area (TPSA) is 13.1 Å². The fourth-order valence-corrected chi connectivity index (χ4v) is 3.02. The summed E-state index contributed by atoms with van der Waals surface area (Å²) in [4.78, 5) is 0. The predicted octanol–water partition coefficient (Wildman–Crippen LogP) is 1.94. The van der Waals surface area contributed by atoms with Crippen molar-refractivity contribution in [1.82, 2.24) is 0 Å². The van der Waals surface area contributed by atoms with Crippen LogP contribution in [-0.2, 0) is 13.0 Å². The van der Waals surface area contributed by atoms with Crippen molar-refractivity contribution in [2.75, 3.05) is 7.11 Å². The highest BCUT2D eigenvalue weighted by molar-refractivity contribution is 5.23. The summed E-state index contributed by atoms with van der Waals surface area (Å²) in [7, 11) is 1.77. The number of ether oxygens (including phenoxy) is 1. The van der Waals surface area contributed by atoms with E-state index in [9.17, 15) is 0 Å². The first-order valence-electron chi connectivity index (χ1n) is 8.94. The number of halogens is 1. The van der Waals surface area contributed by atoms with E-state index in [4.69, 9.17) is 4.74 Å². The van der Waals surface area contributed by atoms with E-state index in [0.29, 0.717) is 0 Å². The number of methoxy groups -OCH3 is 1. The van der Waals surface area contributed by atoms with E-state index in [1.54, 1.807) is 7.11 Å². The molecule has 0 atom stereocenters. The highest BCUT2D eigenvalue weighted by Crippen LogP contribution is 2.17. The van der Waals surface area contributed by atoms with Gasteiger partial charge in [0.2, 0.25) is 5.69 Å². The lowest BCUT2D eigenvalue weighted by Gasteiger charge is -2.09. The van der Waals surface area contributed by atoms with Crippen LogP contribution < -0.4 is 21.7 Å². The predicted molar refractivity (Wildman–Crippen MR) is 95.8 cm³/mol. The molecule has 0 N–H and O–H groups in total. The van der Waals surface area contributed by atoms with Crippen LogP contribution in [0.4, 0.5) is 0 Å². The number of hydrogen-bond donors (Lipinski definition) is 0. The van der Waals surface area contributed by atoms with Gasteiger partial charge in [-0.1, -0.05) is 69.4 Å². The van der Waals surface area contributed by atoms with Crippen molar-refractivity contribution in [2.24, 2.45) is 0 Å². The third kappa shape index (κ3) is 6.52. The SMILES string of the molecule is CCCCCCCCc1c(OC)ccc[n+]1Cc1ccccc1.[Cl-]. The van der Waals surface area contributed by atoms with Gasteiger partial charge in [-0.15, -0.1) is 0 Å². The number of nitrogens with zero attached hydrogens (tertiary/aromatic N) is 1. The van der Waals surface area contributed by atoms with Crippen molar-refractivity contribution in [1.29, 1.82) is 0 Å². The van der Waals surface area contributed by atoms with Crippen LogP contribution in [0, 0.1) is 0 Å². The number of hydrogen-bond acceptors (Lipinski definition) is 1. The Labute approximate surface area is 153 Å². The number of pyridine rings is 1. The fraction of sp³-hybridized carbons (Fsp3) is 0.476. The molecule has 0 aliphatic heterocycles. The second kappa shape index (κ2) is 11.9. The van der Waals surface area contributed by atoms with Crippen LogP contribution in [0.5, 0.6) is 5.75 Å². The van der Waals surface area contributed by atoms with Crippen molar-refractivity contribution in [3.63, 3.8) is 0 Å². The first kappa shape index (κ1) is 20.5. The number of rotatable bonds is 10. The highest BCUT2D eigenvalue weighted by atomic mass is 35.5. The Balaban J connectivity index is 0.00000288. The van der Waals surface area contributed by atoms with Crippen molar-refractivity contribution in [2.45, 2.75) is 58.4 Å². The number of aromatic nitrogens is 1. The first-order valence-corrected chi connectivity index (χ1v) is 8.94.